The van der Waals surface area contributed by atoms with Gasteiger partial charge in [0.15, 0.2) is 0 Å². The van der Waals surface area contributed by atoms with Gasteiger partial charge in [-0.15, -0.1) is 0 Å². The smallest absolute Gasteiger partial charge is 0.218 e. The second kappa shape index (κ2) is 7.36. The summed E-state index contributed by atoms with van der Waals surface area (Å²) in [4.78, 5) is 18.3. The number of anilines is 1. The van der Waals surface area contributed by atoms with Gasteiger partial charge in [-0.2, -0.15) is 0 Å². The lowest BCUT2D eigenvalue weighted by molar-refractivity contribution is 0.325. The zero-order chi connectivity index (χ0) is 18.9. The summed E-state index contributed by atoms with van der Waals surface area (Å²) in [5.41, 5.74) is 2.43. The minimum absolute atomic E-state index is 0.486. The minimum atomic E-state index is 0.486. The summed E-state index contributed by atoms with van der Waals surface area (Å²) in [6.45, 7) is 3.12. The van der Waals surface area contributed by atoms with E-state index in [0.717, 1.165) is 37.4 Å². The second-order valence-electron chi connectivity index (χ2n) is 7.72. The van der Waals surface area contributed by atoms with Crippen LogP contribution in [0.3, 0.4) is 0 Å². The number of aromatic nitrogens is 3. The first-order valence-corrected chi connectivity index (χ1v) is 10.0. The van der Waals surface area contributed by atoms with Crippen LogP contribution in [-0.4, -0.2) is 52.1 Å². The van der Waals surface area contributed by atoms with Crippen molar-refractivity contribution in [1.29, 1.82) is 0 Å². The molecule has 0 bridgehead atoms. The molecule has 2 aliphatic rings. The molecule has 1 aliphatic carbocycles. The van der Waals surface area contributed by atoms with Gasteiger partial charge in [0.1, 0.15) is 12.1 Å². The second-order valence-corrected chi connectivity index (χ2v) is 7.72. The molecule has 1 aromatic carbocycles. The van der Waals surface area contributed by atoms with Crippen molar-refractivity contribution in [2.75, 3.05) is 25.1 Å². The van der Waals surface area contributed by atoms with Crippen LogP contribution < -0.4 is 9.64 Å². The summed E-state index contributed by atoms with van der Waals surface area (Å²) >= 11 is 0. The van der Waals surface area contributed by atoms with Gasteiger partial charge in [0.05, 0.1) is 12.6 Å². The average molecular weight is 375 g/mol. The van der Waals surface area contributed by atoms with E-state index in [9.17, 15) is 0 Å². The number of para-hydroxylation sites is 1. The highest BCUT2D eigenvalue weighted by Gasteiger charge is 2.38. The van der Waals surface area contributed by atoms with Crippen LogP contribution >= 0.6 is 0 Å². The normalized spacial score (nSPS) is 19.8. The van der Waals surface area contributed by atoms with Crippen molar-refractivity contribution in [3.05, 3.63) is 54.5 Å². The lowest BCUT2D eigenvalue weighted by Gasteiger charge is -2.30. The maximum absolute atomic E-state index is 5.31. The quantitative estimate of drug-likeness (QED) is 0.659. The third-order valence-corrected chi connectivity index (χ3v) is 5.82. The van der Waals surface area contributed by atoms with Crippen molar-refractivity contribution in [3.63, 3.8) is 0 Å². The van der Waals surface area contributed by atoms with Crippen LogP contribution in [-0.2, 0) is 6.54 Å². The molecule has 6 heteroatoms. The first-order chi connectivity index (χ1) is 13.8. The van der Waals surface area contributed by atoms with Gasteiger partial charge in [0.2, 0.25) is 5.88 Å². The van der Waals surface area contributed by atoms with Crippen LogP contribution in [0.4, 0.5) is 5.82 Å². The van der Waals surface area contributed by atoms with E-state index in [2.05, 4.69) is 55.1 Å². The summed E-state index contributed by atoms with van der Waals surface area (Å²) in [6, 6.07) is 13.6. The van der Waals surface area contributed by atoms with Gasteiger partial charge in [-0.05, 0) is 37.0 Å². The molecule has 3 heterocycles. The SMILES string of the molecule is COc1cc(N(C2CC2)C2CCN(Cc3ccnc4ccccc34)C2)ncn1. The van der Waals surface area contributed by atoms with Crippen LogP contribution in [0.2, 0.25) is 0 Å². The van der Waals surface area contributed by atoms with Crippen LogP contribution in [0.1, 0.15) is 24.8 Å². The highest BCUT2D eigenvalue weighted by molar-refractivity contribution is 5.81. The summed E-state index contributed by atoms with van der Waals surface area (Å²) < 4.78 is 5.31. The monoisotopic (exact) mass is 375 g/mol. The third-order valence-electron chi connectivity index (χ3n) is 5.82. The van der Waals surface area contributed by atoms with Gasteiger partial charge in [-0.25, -0.2) is 9.97 Å². The maximum Gasteiger partial charge on any atom is 0.218 e. The van der Waals surface area contributed by atoms with Crippen LogP contribution in [0.5, 0.6) is 5.88 Å². The Morgan fingerprint density at radius 3 is 2.82 bits per heavy atom. The highest BCUT2D eigenvalue weighted by atomic mass is 16.5. The molecule has 1 aliphatic heterocycles. The van der Waals surface area contributed by atoms with Crippen LogP contribution in [0.25, 0.3) is 10.9 Å². The molecule has 0 amide bonds. The molecule has 1 atom stereocenters. The van der Waals surface area contributed by atoms with Crippen molar-refractivity contribution in [3.8, 4) is 5.88 Å². The van der Waals surface area contributed by atoms with Crippen molar-refractivity contribution >= 4 is 16.7 Å². The standard InChI is InChI=1S/C22H25N5O/c1-28-22-12-21(24-15-25-22)27(17-6-7-17)18-9-11-26(14-18)13-16-8-10-23-20-5-3-2-4-19(16)20/h2-5,8,10,12,15,17-18H,6-7,9,11,13-14H2,1H3. The lowest BCUT2D eigenvalue weighted by Crippen LogP contribution is -2.39. The molecule has 1 unspecified atom stereocenters. The number of benzene rings is 1. The Morgan fingerprint density at radius 2 is 1.96 bits per heavy atom. The molecule has 144 valence electrons. The van der Waals surface area contributed by atoms with Gasteiger partial charge in [0, 0.05) is 49.4 Å². The van der Waals surface area contributed by atoms with E-state index in [0.29, 0.717) is 18.0 Å². The first-order valence-electron chi connectivity index (χ1n) is 10.0. The van der Waals surface area contributed by atoms with E-state index in [1.807, 2.05) is 12.3 Å². The van der Waals surface area contributed by atoms with Crippen molar-refractivity contribution in [2.24, 2.45) is 0 Å². The minimum Gasteiger partial charge on any atom is -0.481 e. The number of fused-ring (bicyclic) bond motifs is 1. The Bertz CT molecular complexity index is 969. The predicted octanol–water partition coefficient (Wildman–Crippen LogP) is 3.28. The number of rotatable bonds is 6. The number of ether oxygens (including phenoxy) is 1. The predicted molar refractivity (Wildman–Crippen MR) is 110 cm³/mol. The Hall–Kier alpha value is -2.73. The summed E-state index contributed by atoms with van der Waals surface area (Å²) in [6.07, 6.45) is 7.19. The Labute approximate surface area is 165 Å². The zero-order valence-electron chi connectivity index (χ0n) is 16.2. The molecule has 6 nitrogen and oxygen atoms in total. The Balaban J connectivity index is 1.34. The Morgan fingerprint density at radius 1 is 1.07 bits per heavy atom. The van der Waals surface area contributed by atoms with Crippen molar-refractivity contribution < 1.29 is 4.74 Å². The third kappa shape index (κ3) is 3.40. The van der Waals surface area contributed by atoms with Crippen LogP contribution in [0.15, 0.2) is 48.9 Å². The van der Waals surface area contributed by atoms with E-state index in [-0.39, 0.29) is 0 Å². The molecular weight excluding hydrogens is 350 g/mol. The van der Waals surface area contributed by atoms with Gasteiger partial charge in [-0.1, -0.05) is 18.2 Å². The number of pyridine rings is 1. The molecule has 1 saturated carbocycles. The highest BCUT2D eigenvalue weighted by Crippen LogP contribution is 2.36. The largest absolute Gasteiger partial charge is 0.481 e. The number of likely N-dealkylation sites (tertiary alicyclic amines) is 1. The van der Waals surface area contributed by atoms with E-state index < -0.39 is 0 Å². The van der Waals surface area contributed by atoms with E-state index in [1.54, 1.807) is 13.4 Å². The molecule has 0 radical (unpaired) electrons. The van der Waals surface area contributed by atoms with Crippen LogP contribution in [0, 0.1) is 0 Å². The summed E-state index contributed by atoms with van der Waals surface area (Å²) in [5, 5.41) is 1.26. The molecule has 5 rings (SSSR count). The maximum atomic E-state index is 5.31. The van der Waals surface area contributed by atoms with E-state index in [1.165, 1.54) is 23.8 Å². The average Bonchev–Trinajstić information content (AvgIpc) is 3.47. The van der Waals surface area contributed by atoms with Gasteiger partial charge in [-0.3, -0.25) is 9.88 Å². The van der Waals surface area contributed by atoms with Gasteiger partial charge >= 0.3 is 0 Å². The van der Waals surface area contributed by atoms with Gasteiger partial charge < -0.3 is 9.64 Å². The van der Waals surface area contributed by atoms with E-state index in [4.69, 9.17) is 4.74 Å². The first kappa shape index (κ1) is 17.4. The fourth-order valence-corrected chi connectivity index (χ4v) is 4.32. The number of hydrogen-bond acceptors (Lipinski definition) is 6. The number of hydrogen-bond donors (Lipinski definition) is 0. The molecule has 2 aromatic heterocycles. The lowest BCUT2D eigenvalue weighted by atomic mass is 10.1. The molecular formula is C22H25N5O. The Kier molecular flexibility index (Phi) is 4.56. The molecule has 28 heavy (non-hydrogen) atoms. The number of methoxy groups -OCH3 is 1. The number of nitrogens with zero attached hydrogens (tertiary/aromatic N) is 5. The van der Waals surface area contributed by atoms with Crippen molar-refractivity contribution in [1.82, 2.24) is 19.9 Å². The molecule has 2 fully saturated rings. The summed E-state index contributed by atoms with van der Waals surface area (Å²) in [5.74, 6) is 1.63. The van der Waals surface area contributed by atoms with Gasteiger partial charge in [0.25, 0.3) is 0 Å². The molecule has 0 spiro atoms. The fourth-order valence-electron chi connectivity index (χ4n) is 4.32. The van der Waals surface area contributed by atoms with E-state index >= 15 is 0 Å². The van der Waals surface area contributed by atoms with Crippen molar-refractivity contribution in [2.45, 2.75) is 37.9 Å². The molecule has 3 aromatic rings. The topological polar surface area (TPSA) is 54.4 Å². The molecule has 1 saturated heterocycles. The zero-order valence-corrected chi connectivity index (χ0v) is 16.2. The summed E-state index contributed by atoms with van der Waals surface area (Å²) in [7, 11) is 1.66. The molecule has 0 N–H and O–H groups in total. The fraction of sp³-hybridized carbons (Fsp3) is 0.409.